The average molecular weight is 302 g/mol. The predicted molar refractivity (Wildman–Crippen MR) is 68.3 cm³/mol. The minimum atomic E-state index is -4.75. The summed E-state index contributed by atoms with van der Waals surface area (Å²) in [5.41, 5.74) is -0.597. The highest BCUT2D eigenvalue weighted by atomic mass is 19.4. The standard InChI is InChI=1S/C13H14F4N4/c1-2-5-18-7-10-8-19-20-21(10)9-3-4-12(14)11(6-9)13(15,16)17/h3-4,6,8,18H,2,5,7H2,1H3. The summed E-state index contributed by atoms with van der Waals surface area (Å²) in [5.74, 6) is -1.31. The van der Waals surface area contributed by atoms with Crippen molar-refractivity contribution >= 4 is 0 Å². The smallest absolute Gasteiger partial charge is 0.311 e. The van der Waals surface area contributed by atoms with Gasteiger partial charge >= 0.3 is 6.18 Å². The van der Waals surface area contributed by atoms with Crippen LogP contribution in [0.1, 0.15) is 24.6 Å². The number of rotatable bonds is 5. The molecule has 0 aliphatic heterocycles. The zero-order valence-electron chi connectivity index (χ0n) is 11.3. The van der Waals surface area contributed by atoms with Crippen LogP contribution in [0.4, 0.5) is 17.6 Å². The van der Waals surface area contributed by atoms with E-state index >= 15 is 0 Å². The van der Waals surface area contributed by atoms with E-state index in [1.54, 1.807) is 0 Å². The maximum absolute atomic E-state index is 13.3. The van der Waals surface area contributed by atoms with Crippen LogP contribution in [-0.2, 0) is 12.7 Å². The monoisotopic (exact) mass is 302 g/mol. The molecule has 1 N–H and O–H groups in total. The van der Waals surface area contributed by atoms with Crippen molar-refractivity contribution in [2.75, 3.05) is 6.54 Å². The Morgan fingerprint density at radius 3 is 2.71 bits per heavy atom. The molecular formula is C13H14F4N4. The zero-order valence-corrected chi connectivity index (χ0v) is 11.3. The lowest BCUT2D eigenvalue weighted by Gasteiger charge is -2.11. The molecule has 0 amide bonds. The fourth-order valence-electron chi connectivity index (χ4n) is 1.85. The number of nitrogens with one attached hydrogen (secondary N) is 1. The molecule has 0 atom stereocenters. The third-order valence-corrected chi connectivity index (χ3v) is 2.85. The molecule has 1 heterocycles. The second-order valence-electron chi connectivity index (χ2n) is 4.48. The van der Waals surface area contributed by atoms with Gasteiger partial charge in [0.05, 0.1) is 23.1 Å². The second-order valence-corrected chi connectivity index (χ2v) is 4.48. The summed E-state index contributed by atoms with van der Waals surface area (Å²) in [6, 6.07) is 2.75. The van der Waals surface area contributed by atoms with Crippen LogP contribution in [0, 0.1) is 5.82 Å². The number of alkyl halides is 3. The number of nitrogens with zero attached hydrogens (tertiary/aromatic N) is 3. The summed E-state index contributed by atoms with van der Waals surface area (Å²) in [5, 5.41) is 10.6. The van der Waals surface area contributed by atoms with Crippen LogP contribution in [0.25, 0.3) is 5.69 Å². The Morgan fingerprint density at radius 2 is 2.05 bits per heavy atom. The van der Waals surface area contributed by atoms with E-state index in [0.29, 0.717) is 12.2 Å². The number of hydrogen-bond donors (Lipinski definition) is 1. The molecule has 1 aromatic carbocycles. The van der Waals surface area contributed by atoms with Gasteiger partial charge < -0.3 is 5.32 Å². The van der Waals surface area contributed by atoms with Gasteiger partial charge in [-0.3, -0.25) is 0 Å². The topological polar surface area (TPSA) is 42.7 Å². The molecule has 0 unspecified atom stereocenters. The quantitative estimate of drug-likeness (QED) is 0.682. The van der Waals surface area contributed by atoms with Crippen molar-refractivity contribution in [3.63, 3.8) is 0 Å². The van der Waals surface area contributed by atoms with Crippen LogP contribution in [0.3, 0.4) is 0 Å². The lowest BCUT2D eigenvalue weighted by Crippen LogP contribution is -2.17. The van der Waals surface area contributed by atoms with Gasteiger partial charge in [0.1, 0.15) is 5.82 Å². The Kier molecular flexibility index (Phi) is 4.56. The molecule has 1 aromatic heterocycles. The van der Waals surface area contributed by atoms with E-state index in [9.17, 15) is 17.6 Å². The van der Waals surface area contributed by atoms with Crippen LogP contribution in [0.2, 0.25) is 0 Å². The highest BCUT2D eigenvalue weighted by molar-refractivity contribution is 5.38. The van der Waals surface area contributed by atoms with E-state index in [4.69, 9.17) is 0 Å². The fraction of sp³-hybridized carbons (Fsp3) is 0.385. The predicted octanol–water partition coefficient (Wildman–Crippen LogP) is 2.92. The third-order valence-electron chi connectivity index (χ3n) is 2.85. The van der Waals surface area contributed by atoms with Crippen LogP contribution in [0.5, 0.6) is 0 Å². The van der Waals surface area contributed by atoms with Crippen LogP contribution < -0.4 is 5.32 Å². The van der Waals surface area contributed by atoms with Crippen molar-refractivity contribution in [1.82, 2.24) is 20.3 Å². The van der Waals surface area contributed by atoms with Crippen molar-refractivity contribution in [3.8, 4) is 5.69 Å². The number of halogens is 4. The SMILES string of the molecule is CCCNCc1cnnn1-c1ccc(F)c(C(F)(F)F)c1. The Balaban J connectivity index is 2.33. The average Bonchev–Trinajstić information content (AvgIpc) is 2.87. The van der Waals surface area contributed by atoms with E-state index in [1.807, 2.05) is 6.92 Å². The van der Waals surface area contributed by atoms with Crippen molar-refractivity contribution < 1.29 is 17.6 Å². The first-order valence-electron chi connectivity index (χ1n) is 6.41. The molecule has 4 nitrogen and oxygen atoms in total. The van der Waals surface area contributed by atoms with Crippen LogP contribution >= 0.6 is 0 Å². The van der Waals surface area contributed by atoms with Gasteiger partial charge in [-0.25, -0.2) is 9.07 Å². The number of benzene rings is 1. The molecule has 21 heavy (non-hydrogen) atoms. The van der Waals surface area contributed by atoms with Gasteiger partial charge in [0.2, 0.25) is 0 Å². The normalized spacial score (nSPS) is 11.9. The molecule has 0 spiro atoms. The largest absolute Gasteiger partial charge is 0.419 e. The van der Waals surface area contributed by atoms with Crippen LogP contribution in [0.15, 0.2) is 24.4 Å². The zero-order chi connectivity index (χ0) is 15.5. The number of hydrogen-bond acceptors (Lipinski definition) is 3. The molecule has 2 aromatic rings. The summed E-state index contributed by atoms with van der Waals surface area (Å²) in [6.45, 7) is 3.18. The molecule has 8 heteroatoms. The summed E-state index contributed by atoms with van der Waals surface area (Å²) < 4.78 is 52.7. The lowest BCUT2D eigenvalue weighted by atomic mass is 10.2. The van der Waals surface area contributed by atoms with Gasteiger partial charge in [-0.15, -0.1) is 5.10 Å². The van der Waals surface area contributed by atoms with E-state index in [2.05, 4.69) is 15.6 Å². The second kappa shape index (κ2) is 6.21. The van der Waals surface area contributed by atoms with Crippen molar-refractivity contribution in [1.29, 1.82) is 0 Å². The highest BCUT2D eigenvalue weighted by Crippen LogP contribution is 2.32. The minimum Gasteiger partial charge on any atom is -0.311 e. The Labute approximate surface area is 118 Å². The Morgan fingerprint density at radius 1 is 1.29 bits per heavy atom. The van der Waals surface area contributed by atoms with Crippen molar-refractivity contribution in [2.45, 2.75) is 26.1 Å². The van der Waals surface area contributed by atoms with Crippen molar-refractivity contribution in [3.05, 3.63) is 41.5 Å². The maximum atomic E-state index is 13.3. The number of aromatic nitrogens is 3. The first kappa shape index (κ1) is 15.4. The third kappa shape index (κ3) is 3.57. The van der Waals surface area contributed by atoms with E-state index in [-0.39, 0.29) is 5.69 Å². The first-order chi connectivity index (χ1) is 9.93. The molecule has 0 fully saturated rings. The van der Waals surface area contributed by atoms with E-state index in [1.165, 1.54) is 16.9 Å². The molecule has 0 saturated carbocycles. The van der Waals surface area contributed by atoms with Gasteiger partial charge in [-0.2, -0.15) is 13.2 Å². The van der Waals surface area contributed by atoms with Gasteiger partial charge in [0.25, 0.3) is 0 Å². The summed E-state index contributed by atoms with van der Waals surface area (Å²) in [7, 11) is 0. The van der Waals surface area contributed by atoms with E-state index in [0.717, 1.165) is 25.1 Å². The summed E-state index contributed by atoms with van der Waals surface area (Å²) in [6.07, 6.45) is -2.36. The lowest BCUT2D eigenvalue weighted by molar-refractivity contribution is -0.140. The van der Waals surface area contributed by atoms with Gasteiger partial charge in [-0.1, -0.05) is 12.1 Å². The fourth-order valence-corrected chi connectivity index (χ4v) is 1.85. The maximum Gasteiger partial charge on any atom is 0.419 e. The summed E-state index contributed by atoms with van der Waals surface area (Å²) in [4.78, 5) is 0. The van der Waals surface area contributed by atoms with Crippen LogP contribution in [-0.4, -0.2) is 21.5 Å². The highest BCUT2D eigenvalue weighted by Gasteiger charge is 2.34. The summed E-state index contributed by atoms with van der Waals surface area (Å²) >= 11 is 0. The molecule has 0 aliphatic carbocycles. The Hall–Kier alpha value is -1.96. The molecule has 0 aliphatic rings. The van der Waals surface area contributed by atoms with Gasteiger partial charge in [0.15, 0.2) is 0 Å². The van der Waals surface area contributed by atoms with E-state index < -0.39 is 17.6 Å². The Bertz CT molecular complexity index is 606. The van der Waals surface area contributed by atoms with Crippen molar-refractivity contribution in [2.24, 2.45) is 0 Å². The first-order valence-corrected chi connectivity index (χ1v) is 6.41. The molecule has 0 bridgehead atoms. The van der Waals surface area contributed by atoms with Gasteiger partial charge in [0, 0.05) is 6.54 Å². The minimum absolute atomic E-state index is 0.120. The molecule has 0 saturated heterocycles. The molecular weight excluding hydrogens is 288 g/mol. The van der Waals surface area contributed by atoms with Gasteiger partial charge in [-0.05, 0) is 31.2 Å². The molecule has 0 radical (unpaired) electrons. The molecule has 114 valence electrons. The molecule has 2 rings (SSSR count).